The molecule has 0 aromatic heterocycles. The van der Waals surface area contributed by atoms with Crippen LogP contribution in [0.15, 0.2) is 42.5 Å². The molecule has 0 bridgehead atoms. The van der Waals surface area contributed by atoms with E-state index in [0.29, 0.717) is 17.9 Å². The Kier molecular flexibility index (Phi) is 6.23. The minimum absolute atomic E-state index is 0.00693. The molecular weight excluding hydrogens is 405 g/mol. The number of benzene rings is 2. The van der Waals surface area contributed by atoms with Gasteiger partial charge in [0.05, 0.1) is 12.2 Å². The van der Waals surface area contributed by atoms with E-state index in [1.54, 1.807) is 19.1 Å². The van der Waals surface area contributed by atoms with Crippen LogP contribution in [-0.2, 0) is 6.05 Å². The van der Waals surface area contributed by atoms with Gasteiger partial charge in [0.1, 0.15) is 5.75 Å². The number of likely N-dealkylation sites (tertiary alicyclic amines) is 1. The molecule has 2 aromatic rings. The maximum Gasteiger partial charge on any atom is 0.358 e. The number of aryl methyl sites for hydroxylation is 1. The highest BCUT2D eigenvalue weighted by molar-refractivity contribution is 5.95. The molecule has 0 aliphatic carbocycles. The summed E-state index contributed by atoms with van der Waals surface area (Å²) in [5, 5.41) is 0. The van der Waals surface area contributed by atoms with Gasteiger partial charge >= 0.3 is 6.05 Å². The lowest BCUT2D eigenvalue weighted by molar-refractivity contribution is -0.151. The number of nitrogens with zero attached hydrogens (tertiary/aromatic N) is 2. The molecule has 0 spiro atoms. The van der Waals surface area contributed by atoms with E-state index < -0.39 is 23.8 Å². The summed E-state index contributed by atoms with van der Waals surface area (Å²) in [7, 11) is 0. The van der Waals surface area contributed by atoms with Gasteiger partial charge in [-0.25, -0.2) is 9.29 Å². The average Bonchev–Trinajstić information content (AvgIpc) is 2.96. The molecule has 4 rings (SSSR count). The number of amides is 1. The Bertz CT molecular complexity index is 927. The zero-order chi connectivity index (χ0) is 22.0. The summed E-state index contributed by atoms with van der Waals surface area (Å²) in [6.07, 6.45) is 2.49. The van der Waals surface area contributed by atoms with Gasteiger partial charge in [-0.05, 0) is 63.5 Å². The molecule has 1 atom stereocenters. The summed E-state index contributed by atoms with van der Waals surface area (Å²) < 4.78 is 50.1. The fraction of sp³-hybridized carbons (Fsp3) is 0.458. The summed E-state index contributed by atoms with van der Waals surface area (Å²) in [5.74, 6) is -0.498. The van der Waals surface area contributed by atoms with Gasteiger partial charge in [-0.2, -0.15) is 8.78 Å². The number of ether oxygens (including phenoxy) is 1. The fourth-order valence-corrected chi connectivity index (χ4v) is 4.29. The molecule has 1 amide bonds. The number of hydrogen-bond donors (Lipinski definition) is 0. The topological polar surface area (TPSA) is 32.8 Å². The van der Waals surface area contributed by atoms with Gasteiger partial charge in [0.15, 0.2) is 0 Å². The van der Waals surface area contributed by atoms with E-state index in [1.165, 1.54) is 49.6 Å². The van der Waals surface area contributed by atoms with Crippen molar-refractivity contribution in [1.29, 1.82) is 0 Å². The Morgan fingerprint density at radius 3 is 2.52 bits per heavy atom. The molecule has 2 aromatic carbocycles. The van der Waals surface area contributed by atoms with Crippen LogP contribution in [0.3, 0.4) is 0 Å². The van der Waals surface area contributed by atoms with Gasteiger partial charge in [0, 0.05) is 17.7 Å². The number of alkyl halides is 3. The number of fused-ring (bicyclic) bond motifs is 1. The van der Waals surface area contributed by atoms with Crippen molar-refractivity contribution in [3.05, 3.63) is 64.7 Å². The zero-order valence-corrected chi connectivity index (χ0v) is 17.6. The van der Waals surface area contributed by atoms with Gasteiger partial charge in [0.2, 0.25) is 6.30 Å². The number of piperidine rings is 1. The van der Waals surface area contributed by atoms with Crippen LogP contribution in [0.2, 0.25) is 0 Å². The highest BCUT2D eigenvalue weighted by atomic mass is 19.3. The number of carbonyl (C=O) groups is 1. The number of hydrogen-bond acceptors (Lipinski definition) is 3. The predicted molar refractivity (Wildman–Crippen MR) is 112 cm³/mol. The van der Waals surface area contributed by atoms with Crippen molar-refractivity contribution in [1.82, 2.24) is 9.80 Å². The molecule has 1 saturated heterocycles. The number of carbonyl (C=O) groups excluding carboxylic acids is 1. The SMILES string of the molecule is Cc1ccc2c(c1)C(F)N(C(=O)c1ccc(OCCCN3CCCCC3)cc1)C2(F)F. The molecule has 1 unspecified atom stereocenters. The first-order valence-corrected chi connectivity index (χ1v) is 10.8. The molecule has 2 aliphatic rings. The van der Waals surface area contributed by atoms with E-state index in [9.17, 15) is 18.0 Å². The predicted octanol–water partition coefficient (Wildman–Crippen LogP) is 5.42. The lowest BCUT2D eigenvalue weighted by Gasteiger charge is -2.26. The van der Waals surface area contributed by atoms with Crippen LogP contribution in [0, 0.1) is 6.92 Å². The van der Waals surface area contributed by atoms with Gasteiger partial charge in [-0.3, -0.25) is 4.79 Å². The first-order chi connectivity index (χ1) is 14.9. The molecule has 7 heteroatoms. The monoisotopic (exact) mass is 432 g/mol. The third kappa shape index (κ3) is 4.42. The molecular formula is C24H27F3N2O2. The van der Waals surface area contributed by atoms with Gasteiger partial charge < -0.3 is 9.64 Å². The van der Waals surface area contributed by atoms with Crippen molar-refractivity contribution in [3.8, 4) is 5.75 Å². The lowest BCUT2D eigenvalue weighted by atomic mass is 10.1. The van der Waals surface area contributed by atoms with Crippen LogP contribution < -0.4 is 4.74 Å². The molecule has 2 heterocycles. The van der Waals surface area contributed by atoms with E-state index >= 15 is 0 Å². The van der Waals surface area contributed by atoms with Gasteiger partial charge in [0.25, 0.3) is 5.91 Å². The maximum atomic E-state index is 14.8. The molecule has 0 N–H and O–H groups in total. The van der Waals surface area contributed by atoms with E-state index in [-0.39, 0.29) is 16.0 Å². The van der Waals surface area contributed by atoms with Crippen LogP contribution in [0.1, 0.15) is 59.0 Å². The highest BCUT2D eigenvalue weighted by Gasteiger charge is 2.55. The standard InChI is InChI=1S/C24H27F3N2O2/c1-17-6-11-21-20(16-17)22(25)29(24(21,26)27)23(30)18-7-9-19(10-8-18)31-15-5-14-28-12-3-2-4-13-28/h6-11,16,22H,2-5,12-15H2,1H3. The minimum Gasteiger partial charge on any atom is -0.494 e. The Morgan fingerprint density at radius 1 is 1.10 bits per heavy atom. The van der Waals surface area contributed by atoms with Crippen molar-refractivity contribution < 1.29 is 22.7 Å². The van der Waals surface area contributed by atoms with Gasteiger partial charge in [-0.15, -0.1) is 0 Å². The summed E-state index contributed by atoms with van der Waals surface area (Å²) in [4.78, 5) is 15.2. The van der Waals surface area contributed by atoms with Crippen LogP contribution in [-0.4, -0.2) is 41.9 Å². The second kappa shape index (κ2) is 8.91. The first-order valence-electron chi connectivity index (χ1n) is 10.8. The largest absolute Gasteiger partial charge is 0.494 e. The maximum absolute atomic E-state index is 14.8. The minimum atomic E-state index is -3.71. The molecule has 1 fully saturated rings. The van der Waals surface area contributed by atoms with Crippen molar-refractivity contribution in [2.75, 3.05) is 26.2 Å². The second-order valence-electron chi connectivity index (χ2n) is 8.27. The fourth-order valence-electron chi connectivity index (χ4n) is 4.29. The summed E-state index contributed by atoms with van der Waals surface area (Å²) in [5.41, 5.74) is 0.0282. The van der Waals surface area contributed by atoms with E-state index in [0.717, 1.165) is 26.1 Å². The van der Waals surface area contributed by atoms with E-state index in [4.69, 9.17) is 4.74 Å². The third-order valence-corrected chi connectivity index (χ3v) is 5.97. The summed E-state index contributed by atoms with van der Waals surface area (Å²) in [6.45, 7) is 5.49. The Hall–Kier alpha value is -2.54. The second-order valence-corrected chi connectivity index (χ2v) is 8.27. The molecule has 2 aliphatic heterocycles. The van der Waals surface area contributed by atoms with Crippen LogP contribution >= 0.6 is 0 Å². The van der Waals surface area contributed by atoms with Crippen LogP contribution in [0.5, 0.6) is 5.75 Å². The lowest BCUT2D eigenvalue weighted by Crippen LogP contribution is -2.39. The molecule has 0 radical (unpaired) electrons. The van der Waals surface area contributed by atoms with E-state index in [2.05, 4.69) is 4.90 Å². The van der Waals surface area contributed by atoms with Crippen molar-refractivity contribution in [3.63, 3.8) is 0 Å². The number of halogens is 3. The Morgan fingerprint density at radius 2 is 1.81 bits per heavy atom. The molecule has 4 nitrogen and oxygen atoms in total. The summed E-state index contributed by atoms with van der Waals surface area (Å²) >= 11 is 0. The van der Waals surface area contributed by atoms with Crippen molar-refractivity contribution in [2.45, 2.75) is 44.9 Å². The summed E-state index contributed by atoms with van der Waals surface area (Å²) in [6, 6.07) is 6.26. The van der Waals surface area contributed by atoms with Gasteiger partial charge in [-0.1, -0.05) is 30.2 Å². The van der Waals surface area contributed by atoms with Crippen molar-refractivity contribution >= 4 is 5.91 Å². The molecule has 0 saturated carbocycles. The quantitative estimate of drug-likeness (QED) is 0.451. The Labute approximate surface area is 180 Å². The van der Waals surface area contributed by atoms with Crippen molar-refractivity contribution in [2.24, 2.45) is 0 Å². The molecule has 31 heavy (non-hydrogen) atoms. The van der Waals surface area contributed by atoms with Crippen LogP contribution in [0.25, 0.3) is 0 Å². The third-order valence-electron chi connectivity index (χ3n) is 5.97. The smallest absolute Gasteiger partial charge is 0.358 e. The first kappa shape index (κ1) is 21.7. The Balaban J connectivity index is 1.37. The van der Waals surface area contributed by atoms with E-state index in [1.807, 2.05) is 0 Å². The van der Waals surface area contributed by atoms with Crippen LogP contribution in [0.4, 0.5) is 13.2 Å². The number of rotatable bonds is 6. The zero-order valence-electron chi connectivity index (χ0n) is 17.6. The molecule has 166 valence electrons. The highest BCUT2D eigenvalue weighted by Crippen LogP contribution is 2.49. The average molecular weight is 432 g/mol. The normalized spacial score (nSPS) is 20.5.